The number of rotatable bonds is 6. The molecule has 0 atom stereocenters. The van der Waals surface area contributed by atoms with Crippen LogP contribution in [0, 0.1) is 5.82 Å². The Morgan fingerprint density at radius 1 is 1.00 bits per heavy atom. The lowest BCUT2D eigenvalue weighted by Gasteiger charge is -2.32. The van der Waals surface area contributed by atoms with Crippen molar-refractivity contribution >= 4 is 17.2 Å². The molecule has 2 aliphatic rings. The Bertz CT molecular complexity index is 865. The molecule has 146 valence electrons. The van der Waals surface area contributed by atoms with Gasteiger partial charge in [0, 0.05) is 19.6 Å². The molecule has 2 aromatic rings. The van der Waals surface area contributed by atoms with Gasteiger partial charge in [-0.3, -0.25) is 9.69 Å². The second-order valence-corrected chi connectivity index (χ2v) is 7.41. The number of nitrogens with zero attached hydrogens (tertiary/aromatic N) is 2. The summed E-state index contributed by atoms with van der Waals surface area (Å²) in [4.78, 5) is 16.5. The van der Waals surface area contributed by atoms with Crippen molar-refractivity contribution in [2.45, 2.75) is 19.3 Å². The normalized spacial score (nSPS) is 17.1. The SMILES string of the molecule is O=C1NCN(CCCCN2CC=C(c3ccccc3)CC2)c2cccc(F)c21. The molecule has 2 aliphatic heterocycles. The molecule has 0 radical (unpaired) electrons. The number of nitrogens with one attached hydrogen (secondary N) is 1. The van der Waals surface area contributed by atoms with Crippen LogP contribution in [0.3, 0.4) is 0 Å². The van der Waals surface area contributed by atoms with Gasteiger partial charge in [-0.1, -0.05) is 42.5 Å². The maximum Gasteiger partial charge on any atom is 0.257 e. The van der Waals surface area contributed by atoms with E-state index in [1.807, 2.05) is 6.07 Å². The van der Waals surface area contributed by atoms with Crippen LogP contribution in [-0.2, 0) is 0 Å². The van der Waals surface area contributed by atoms with E-state index in [-0.39, 0.29) is 11.5 Å². The van der Waals surface area contributed by atoms with E-state index in [0.29, 0.717) is 12.4 Å². The van der Waals surface area contributed by atoms with E-state index < -0.39 is 5.82 Å². The van der Waals surface area contributed by atoms with E-state index in [2.05, 4.69) is 51.5 Å². The quantitative estimate of drug-likeness (QED) is 0.773. The molecule has 0 spiro atoms. The summed E-state index contributed by atoms with van der Waals surface area (Å²) in [7, 11) is 0. The third-order valence-electron chi connectivity index (χ3n) is 5.58. The Balaban J connectivity index is 1.25. The minimum absolute atomic E-state index is 0.170. The van der Waals surface area contributed by atoms with Crippen LogP contribution in [0.25, 0.3) is 5.57 Å². The number of fused-ring (bicyclic) bond motifs is 1. The molecular weight excluding hydrogens is 353 g/mol. The van der Waals surface area contributed by atoms with Crippen molar-refractivity contribution in [1.29, 1.82) is 0 Å². The number of amides is 1. The highest BCUT2D eigenvalue weighted by Crippen LogP contribution is 2.26. The molecule has 1 N–H and O–H groups in total. The first-order valence-corrected chi connectivity index (χ1v) is 10.0. The molecule has 0 saturated heterocycles. The Morgan fingerprint density at radius 2 is 1.82 bits per heavy atom. The highest BCUT2D eigenvalue weighted by atomic mass is 19.1. The zero-order valence-electron chi connectivity index (χ0n) is 16.0. The Morgan fingerprint density at radius 3 is 2.61 bits per heavy atom. The molecule has 0 bridgehead atoms. The largest absolute Gasteiger partial charge is 0.353 e. The Labute approximate surface area is 165 Å². The van der Waals surface area contributed by atoms with Crippen LogP contribution >= 0.6 is 0 Å². The molecule has 0 saturated carbocycles. The third-order valence-corrected chi connectivity index (χ3v) is 5.58. The van der Waals surface area contributed by atoms with Crippen LogP contribution in [-0.4, -0.2) is 43.7 Å². The molecule has 0 aliphatic carbocycles. The summed E-state index contributed by atoms with van der Waals surface area (Å²) < 4.78 is 14.0. The fourth-order valence-electron chi connectivity index (χ4n) is 4.01. The Kier molecular flexibility index (Phi) is 5.72. The second-order valence-electron chi connectivity index (χ2n) is 7.41. The number of unbranched alkanes of at least 4 members (excludes halogenated alkanes) is 1. The third kappa shape index (κ3) is 4.09. The van der Waals surface area contributed by atoms with Gasteiger partial charge in [-0.2, -0.15) is 0 Å². The van der Waals surface area contributed by atoms with E-state index in [1.165, 1.54) is 17.2 Å². The van der Waals surface area contributed by atoms with Crippen LogP contribution in [0.5, 0.6) is 0 Å². The summed E-state index contributed by atoms with van der Waals surface area (Å²) in [6, 6.07) is 15.4. The minimum Gasteiger partial charge on any atom is -0.353 e. The standard InChI is InChI=1S/C23H26FN3O/c24-20-9-6-10-21-22(20)23(28)25-17-27(21)14-5-4-13-26-15-11-19(12-16-26)18-7-2-1-3-8-18/h1-3,6-11H,4-5,12-17H2,(H,25,28). The monoisotopic (exact) mass is 379 g/mol. The van der Waals surface area contributed by atoms with Crippen LogP contribution in [0.2, 0.25) is 0 Å². The van der Waals surface area contributed by atoms with E-state index in [1.54, 1.807) is 6.07 Å². The fraction of sp³-hybridized carbons (Fsp3) is 0.348. The molecule has 0 fully saturated rings. The van der Waals surface area contributed by atoms with E-state index >= 15 is 0 Å². The molecular formula is C23H26FN3O. The lowest BCUT2D eigenvalue weighted by molar-refractivity contribution is 0.0943. The number of anilines is 1. The van der Waals surface area contributed by atoms with Crippen LogP contribution in [0.4, 0.5) is 10.1 Å². The van der Waals surface area contributed by atoms with Crippen molar-refractivity contribution in [3.8, 4) is 0 Å². The maximum atomic E-state index is 14.0. The topological polar surface area (TPSA) is 35.6 Å². The molecule has 28 heavy (non-hydrogen) atoms. The average molecular weight is 379 g/mol. The smallest absolute Gasteiger partial charge is 0.257 e. The van der Waals surface area contributed by atoms with Crippen LogP contribution < -0.4 is 10.2 Å². The van der Waals surface area contributed by atoms with Crippen molar-refractivity contribution < 1.29 is 9.18 Å². The Hall–Kier alpha value is -2.66. The number of carbonyl (C=O) groups excluding carboxylic acids is 1. The highest BCUT2D eigenvalue weighted by Gasteiger charge is 2.25. The van der Waals surface area contributed by atoms with E-state index in [0.717, 1.165) is 45.4 Å². The van der Waals surface area contributed by atoms with Gasteiger partial charge >= 0.3 is 0 Å². The number of halogens is 1. The molecule has 5 heteroatoms. The number of hydrogen-bond donors (Lipinski definition) is 1. The molecule has 2 aromatic carbocycles. The van der Waals surface area contributed by atoms with Gasteiger partial charge in [0.05, 0.1) is 17.9 Å². The van der Waals surface area contributed by atoms with E-state index in [4.69, 9.17) is 0 Å². The predicted molar refractivity (Wildman–Crippen MR) is 111 cm³/mol. The first kappa shape index (κ1) is 18.7. The molecule has 1 amide bonds. The van der Waals surface area contributed by atoms with Crippen LogP contribution in [0.1, 0.15) is 35.2 Å². The van der Waals surface area contributed by atoms with Crippen molar-refractivity contribution in [2.75, 3.05) is 37.7 Å². The summed E-state index contributed by atoms with van der Waals surface area (Å²) in [5.41, 5.74) is 3.65. The maximum absolute atomic E-state index is 14.0. The van der Waals surface area contributed by atoms with Crippen LogP contribution in [0.15, 0.2) is 54.6 Å². The lowest BCUT2D eigenvalue weighted by Crippen LogP contribution is -2.44. The van der Waals surface area contributed by atoms with Gasteiger partial charge in [0.1, 0.15) is 5.82 Å². The fourth-order valence-corrected chi connectivity index (χ4v) is 4.01. The molecule has 4 rings (SSSR count). The summed E-state index contributed by atoms with van der Waals surface area (Å²) in [5, 5.41) is 2.77. The van der Waals surface area contributed by atoms with Crippen molar-refractivity contribution in [3.63, 3.8) is 0 Å². The summed E-state index contributed by atoms with van der Waals surface area (Å²) in [6.07, 6.45) is 5.54. The molecule has 4 nitrogen and oxygen atoms in total. The first-order chi connectivity index (χ1) is 13.7. The van der Waals surface area contributed by atoms with Crippen molar-refractivity contribution in [1.82, 2.24) is 10.2 Å². The van der Waals surface area contributed by atoms with Gasteiger partial charge in [-0.15, -0.1) is 0 Å². The summed E-state index contributed by atoms with van der Waals surface area (Å²) in [5.74, 6) is -0.771. The number of carbonyl (C=O) groups is 1. The molecule has 0 unspecified atom stereocenters. The van der Waals surface area contributed by atoms with Gasteiger partial charge in [0.15, 0.2) is 0 Å². The minimum atomic E-state index is -0.450. The average Bonchev–Trinajstić information content (AvgIpc) is 2.74. The predicted octanol–water partition coefficient (Wildman–Crippen LogP) is 3.90. The van der Waals surface area contributed by atoms with Gasteiger partial charge in [0.25, 0.3) is 5.91 Å². The molecule has 0 aromatic heterocycles. The van der Waals surface area contributed by atoms with Gasteiger partial charge in [0.2, 0.25) is 0 Å². The summed E-state index contributed by atoms with van der Waals surface area (Å²) in [6.45, 7) is 4.42. The number of benzene rings is 2. The zero-order chi connectivity index (χ0) is 19.3. The van der Waals surface area contributed by atoms with Gasteiger partial charge in [-0.25, -0.2) is 4.39 Å². The first-order valence-electron chi connectivity index (χ1n) is 10.0. The van der Waals surface area contributed by atoms with Gasteiger partial charge in [-0.05, 0) is 49.1 Å². The van der Waals surface area contributed by atoms with Crippen molar-refractivity contribution in [3.05, 3.63) is 71.6 Å². The highest BCUT2D eigenvalue weighted by molar-refractivity contribution is 6.01. The number of hydrogen-bond acceptors (Lipinski definition) is 3. The molecule has 2 heterocycles. The summed E-state index contributed by atoms with van der Waals surface area (Å²) >= 11 is 0. The van der Waals surface area contributed by atoms with E-state index in [9.17, 15) is 9.18 Å². The zero-order valence-corrected chi connectivity index (χ0v) is 16.0. The van der Waals surface area contributed by atoms with Crippen molar-refractivity contribution in [2.24, 2.45) is 0 Å². The van der Waals surface area contributed by atoms with Gasteiger partial charge < -0.3 is 10.2 Å². The lowest BCUT2D eigenvalue weighted by atomic mass is 9.99. The second kappa shape index (κ2) is 8.57.